The van der Waals surface area contributed by atoms with Crippen LogP contribution in [0.5, 0.6) is 0 Å². The molecular weight excluding hydrogens is 363 g/mol. The van der Waals surface area contributed by atoms with Crippen LogP contribution in [0.25, 0.3) is 0 Å². The topological polar surface area (TPSA) is 40.6 Å². The largest absolute Gasteiger partial charge is 0.303 e. The molecule has 6 heteroatoms. The number of rotatable bonds is 4. The van der Waals surface area contributed by atoms with E-state index in [1.54, 1.807) is 10.4 Å². The Kier molecular flexibility index (Phi) is 4.82. The summed E-state index contributed by atoms with van der Waals surface area (Å²) >= 11 is 0. The van der Waals surface area contributed by atoms with Gasteiger partial charge >= 0.3 is 0 Å². The van der Waals surface area contributed by atoms with Crippen LogP contribution in [0.4, 0.5) is 4.39 Å². The average Bonchev–Trinajstić information content (AvgIpc) is 3.20. The van der Waals surface area contributed by atoms with Crippen molar-refractivity contribution in [2.24, 2.45) is 11.8 Å². The first-order chi connectivity index (χ1) is 12.9. The van der Waals surface area contributed by atoms with Gasteiger partial charge in [-0.3, -0.25) is 0 Å². The van der Waals surface area contributed by atoms with Crippen LogP contribution in [0.15, 0.2) is 53.4 Å². The predicted octanol–water partition coefficient (Wildman–Crippen LogP) is 3.45. The molecule has 2 fully saturated rings. The highest BCUT2D eigenvalue weighted by molar-refractivity contribution is 7.89. The first-order valence-corrected chi connectivity index (χ1v) is 10.9. The minimum absolute atomic E-state index is 0.226. The van der Waals surface area contributed by atoms with Crippen molar-refractivity contribution in [2.75, 3.05) is 26.2 Å². The summed E-state index contributed by atoms with van der Waals surface area (Å²) in [5.74, 6) is -0.183. The van der Waals surface area contributed by atoms with Crippen molar-refractivity contribution in [2.45, 2.75) is 24.8 Å². The summed E-state index contributed by atoms with van der Waals surface area (Å²) in [6.07, 6.45) is 0. The SMILES string of the molecule is CCN1C[C@H]2CN(S(=O)(=O)c3ccccc3F)[C@@H](c3ccccc3C)[C@H]2C1. The number of nitrogens with zero attached hydrogens (tertiary/aromatic N) is 2. The standard InChI is InChI=1S/C21H25FN2O2S/c1-3-23-12-16-13-24(27(25,26)20-11-7-6-10-19(20)22)21(18(16)14-23)17-9-5-4-8-15(17)2/h4-11,16,18,21H,3,12-14H2,1-2H3/t16-,18-,21-/m0/s1. The molecule has 0 aliphatic carbocycles. The van der Waals surface area contributed by atoms with Crippen LogP contribution in [0.1, 0.15) is 24.1 Å². The van der Waals surface area contributed by atoms with Gasteiger partial charge in [-0.05, 0) is 48.6 Å². The van der Waals surface area contributed by atoms with Crippen LogP contribution in [0, 0.1) is 24.6 Å². The summed E-state index contributed by atoms with van der Waals surface area (Å²) in [4.78, 5) is 2.16. The van der Waals surface area contributed by atoms with E-state index < -0.39 is 15.8 Å². The molecule has 2 aromatic rings. The molecule has 144 valence electrons. The zero-order valence-corrected chi connectivity index (χ0v) is 16.5. The summed E-state index contributed by atoms with van der Waals surface area (Å²) in [6.45, 7) is 7.33. The van der Waals surface area contributed by atoms with Gasteiger partial charge in [-0.15, -0.1) is 0 Å². The number of hydrogen-bond acceptors (Lipinski definition) is 3. The molecule has 4 nitrogen and oxygen atoms in total. The van der Waals surface area contributed by atoms with Crippen molar-refractivity contribution in [3.63, 3.8) is 0 Å². The quantitative estimate of drug-likeness (QED) is 0.806. The molecule has 0 unspecified atom stereocenters. The molecule has 0 saturated carbocycles. The molecule has 0 aromatic heterocycles. The van der Waals surface area contributed by atoms with E-state index in [1.165, 1.54) is 18.2 Å². The van der Waals surface area contributed by atoms with Gasteiger partial charge in [0, 0.05) is 19.6 Å². The van der Waals surface area contributed by atoms with Gasteiger partial charge < -0.3 is 4.90 Å². The number of likely N-dealkylation sites (tertiary alicyclic amines) is 1. The highest BCUT2D eigenvalue weighted by atomic mass is 32.2. The molecule has 0 N–H and O–H groups in total. The fourth-order valence-corrected chi connectivity index (χ4v) is 6.46. The third-order valence-corrected chi connectivity index (χ3v) is 7.96. The van der Waals surface area contributed by atoms with E-state index in [0.717, 1.165) is 30.8 Å². The molecule has 0 spiro atoms. The van der Waals surface area contributed by atoms with E-state index in [1.807, 2.05) is 31.2 Å². The Balaban J connectivity index is 1.80. The zero-order valence-electron chi connectivity index (χ0n) is 15.7. The molecule has 2 aliphatic heterocycles. The molecule has 2 saturated heterocycles. The lowest BCUT2D eigenvalue weighted by Crippen LogP contribution is -2.36. The van der Waals surface area contributed by atoms with E-state index in [2.05, 4.69) is 11.8 Å². The smallest absolute Gasteiger partial charge is 0.246 e. The van der Waals surface area contributed by atoms with Gasteiger partial charge in [0.2, 0.25) is 10.0 Å². The van der Waals surface area contributed by atoms with Gasteiger partial charge in [0.1, 0.15) is 10.7 Å². The Morgan fingerprint density at radius 2 is 1.74 bits per heavy atom. The van der Waals surface area contributed by atoms with Crippen molar-refractivity contribution >= 4 is 10.0 Å². The van der Waals surface area contributed by atoms with Crippen molar-refractivity contribution in [1.29, 1.82) is 0 Å². The van der Waals surface area contributed by atoms with Crippen LogP contribution < -0.4 is 0 Å². The summed E-state index contributed by atoms with van der Waals surface area (Å²) in [5, 5.41) is 0. The Hall–Kier alpha value is -1.76. The van der Waals surface area contributed by atoms with E-state index in [-0.39, 0.29) is 22.8 Å². The van der Waals surface area contributed by atoms with E-state index in [4.69, 9.17) is 0 Å². The minimum atomic E-state index is -3.91. The predicted molar refractivity (Wildman–Crippen MR) is 103 cm³/mol. The highest BCUT2D eigenvalue weighted by Crippen LogP contribution is 2.48. The van der Waals surface area contributed by atoms with Gasteiger partial charge in [0.15, 0.2) is 0 Å². The van der Waals surface area contributed by atoms with Gasteiger partial charge in [-0.2, -0.15) is 4.31 Å². The first-order valence-electron chi connectivity index (χ1n) is 9.47. The summed E-state index contributed by atoms with van der Waals surface area (Å²) in [6, 6.07) is 13.4. The summed E-state index contributed by atoms with van der Waals surface area (Å²) < 4.78 is 42.7. The summed E-state index contributed by atoms with van der Waals surface area (Å²) in [5.41, 5.74) is 2.11. The van der Waals surface area contributed by atoms with Crippen molar-refractivity contribution in [1.82, 2.24) is 9.21 Å². The highest BCUT2D eigenvalue weighted by Gasteiger charge is 2.51. The van der Waals surface area contributed by atoms with Gasteiger partial charge in [0.25, 0.3) is 0 Å². The molecule has 4 rings (SSSR count). The normalized spacial score (nSPS) is 26.4. The second-order valence-corrected chi connectivity index (χ2v) is 9.44. The molecule has 2 aliphatic rings. The Labute approximate surface area is 160 Å². The maximum absolute atomic E-state index is 14.3. The van der Waals surface area contributed by atoms with Crippen LogP contribution in [0.2, 0.25) is 0 Å². The number of fused-ring (bicyclic) bond motifs is 1. The zero-order chi connectivity index (χ0) is 19.2. The number of halogens is 1. The fourth-order valence-electron chi connectivity index (χ4n) is 4.69. The molecule has 27 heavy (non-hydrogen) atoms. The van der Waals surface area contributed by atoms with Crippen LogP contribution in [-0.4, -0.2) is 43.8 Å². The van der Waals surface area contributed by atoms with Crippen LogP contribution in [0.3, 0.4) is 0 Å². The molecule has 2 aromatic carbocycles. The monoisotopic (exact) mass is 388 g/mol. The van der Waals surface area contributed by atoms with Crippen molar-refractivity contribution < 1.29 is 12.8 Å². The molecule has 0 radical (unpaired) electrons. The van der Waals surface area contributed by atoms with Crippen LogP contribution >= 0.6 is 0 Å². The number of sulfonamides is 1. The van der Waals surface area contributed by atoms with Crippen LogP contribution in [-0.2, 0) is 10.0 Å². The summed E-state index contributed by atoms with van der Waals surface area (Å²) in [7, 11) is -3.91. The first kappa shape index (κ1) is 18.6. The third-order valence-electron chi connectivity index (χ3n) is 6.08. The maximum atomic E-state index is 14.3. The lowest BCUT2D eigenvalue weighted by Gasteiger charge is -2.30. The molecule has 0 bridgehead atoms. The van der Waals surface area contributed by atoms with Crippen molar-refractivity contribution in [3.8, 4) is 0 Å². The third kappa shape index (κ3) is 3.10. The fraction of sp³-hybridized carbons (Fsp3) is 0.429. The van der Waals surface area contributed by atoms with E-state index in [9.17, 15) is 12.8 Å². The lowest BCUT2D eigenvalue weighted by atomic mass is 9.88. The molecule has 0 amide bonds. The molecular formula is C21H25FN2O2S. The maximum Gasteiger partial charge on any atom is 0.246 e. The van der Waals surface area contributed by atoms with Gasteiger partial charge in [-0.1, -0.05) is 43.3 Å². The number of hydrogen-bond donors (Lipinski definition) is 0. The Morgan fingerprint density at radius 1 is 1.04 bits per heavy atom. The Morgan fingerprint density at radius 3 is 2.44 bits per heavy atom. The molecule has 2 heterocycles. The molecule has 3 atom stereocenters. The lowest BCUT2D eigenvalue weighted by molar-refractivity contribution is 0.273. The second-order valence-electron chi connectivity index (χ2n) is 7.58. The van der Waals surface area contributed by atoms with E-state index in [0.29, 0.717) is 6.54 Å². The number of aryl methyl sites for hydroxylation is 1. The average molecular weight is 389 g/mol. The Bertz CT molecular complexity index is 947. The number of benzene rings is 2. The van der Waals surface area contributed by atoms with Gasteiger partial charge in [0.05, 0.1) is 6.04 Å². The van der Waals surface area contributed by atoms with E-state index >= 15 is 0 Å². The second kappa shape index (κ2) is 7.00. The minimum Gasteiger partial charge on any atom is -0.303 e. The van der Waals surface area contributed by atoms with Gasteiger partial charge in [-0.25, -0.2) is 12.8 Å². The van der Waals surface area contributed by atoms with Crippen molar-refractivity contribution in [3.05, 3.63) is 65.5 Å².